The molecule has 35 heavy (non-hydrogen) atoms. The van der Waals surface area contributed by atoms with Gasteiger partial charge in [0.1, 0.15) is 0 Å². The molecule has 0 saturated carbocycles. The zero-order chi connectivity index (χ0) is 25.8. The summed E-state index contributed by atoms with van der Waals surface area (Å²) in [4.78, 5) is 21.0. The third kappa shape index (κ3) is 5.24. The van der Waals surface area contributed by atoms with Gasteiger partial charge in [-0.25, -0.2) is 10.9 Å². The SMILES string of the molecule is COc1cc(OC)nc(OC(C(=O)N(N)c2ccccc2Cl)C(O)(c2ccccc2)C(F)(F)F)n1. The summed E-state index contributed by atoms with van der Waals surface area (Å²) in [5, 5.41) is 11.4. The maximum absolute atomic E-state index is 14.5. The van der Waals surface area contributed by atoms with Crippen LogP contribution >= 0.6 is 11.6 Å². The number of nitrogens with two attached hydrogens (primary N) is 1. The first kappa shape index (κ1) is 26.0. The van der Waals surface area contributed by atoms with Crippen LogP contribution < -0.4 is 25.1 Å². The third-order valence-electron chi connectivity index (χ3n) is 4.90. The molecule has 9 nitrogen and oxygen atoms in total. The molecule has 1 heterocycles. The number of carbonyl (C=O) groups excluding carboxylic acids is 1. The van der Waals surface area contributed by atoms with E-state index in [2.05, 4.69) is 9.97 Å². The fourth-order valence-electron chi connectivity index (χ4n) is 3.11. The number of hydrogen-bond donors (Lipinski definition) is 2. The van der Waals surface area contributed by atoms with E-state index in [-0.39, 0.29) is 22.5 Å². The minimum absolute atomic E-state index is 0.0309. The number of ether oxygens (including phenoxy) is 3. The molecule has 2 aromatic carbocycles. The fourth-order valence-corrected chi connectivity index (χ4v) is 3.34. The number of methoxy groups -OCH3 is 2. The van der Waals surface area contributed by atoms with Gasteiger partial charge >= 0.3 is 12.2 Å². The zero-order valence-electron chi connectivity index (χ0n) is 18.4. The Kier molecular flexibility index (Phi) is 7.68. The quantitative estimate of drug-likeness (QED) is 0.268. The Morgan fingerprint density at radius 2 is 1.57 bits per heavy atom. The van der Waals surface area contributed by atoms with Gasteiger partial charge in [0.25, 0.3) is 5.91 Å². The van der Waals surface area contributed by atoms with Gasteiger partial charge in [-0.15, -0.1) is 0 Å². The maximum atomic E-state index is 14.5. The Morgan fingerprint density at radius 3 is 2.09 bits per heavy atom. The summed E-state index contributed by atoms with van der Waals surface area (Å²) in [7, 11) is 2.48. The number of hydrogen-bond acceptors (Lipinski definition) is 8. The van der Waals surface area contributed by atoms with E-state index in [0.717, 1.165) is 12.1 Å². The highest BCUT2D eigenvalue weighted by molar-refractivity contribution is 6.33. The third-order valence-corrected chi connectivity index (χ3v) is 5.22. The van der Waals surface area contributed by atoms with E-state index in [9.17, 15) is 23.1 Å². The highest BCUT2D eigenvalue weighted by Gasteiger charge is 2.64. The Labute approximate surface area is 202 Å². The van der Waals surface area contributed by atoms with Crippen LogP contribution in [0.3, 0.4) is 0 Å². The van der Waals surface area contributed by atoms with E-state index in [1.54, 1.807) is 0 Å². The first-order chi connectivity index (χ1) is 16.5. The van der Waals surface area contributed by atoms with Crippen molar-refractivity contribution in [2.45, 2.75) is 17.9 Å². The fraction of sp³-hybridized carbons (Fsp3) is 0.227. The largest absolute Gasteiger partial charge is 0.481 e. The summed E-state index contributed by atoms with van der Waals surface area (Å²) < 4.78 is 58.7. The van der Waals surface area contributed by atoms with Gasteiger partial charge in [0.05, 0.1) is 31.0 Å². The Hall–Kier alpha value is -3.61. The number of para-hydroxylation sites is 1. The highest BCUT2D eigenvalue weighted by Crippen LogP contribution is 2.44. The number of aromatic nitrogens is 2. The molecule has 1 aromatic heterocycles. The summed E-state index contributed by atoms with van der Waals surface area (Å²) in [5.41, 5.74) is -4.70. The molecule has 3 aromatic rings. The molecule has 0 fully saturated rings. The molecule has 0 aliphatic heterocycles. The lowest BCUT2D eigenvalue weighted by Crippen LogP contribution is -2.62. The van der Waals surface area contributed by atoms with Crippen molar-refractivity contribution < 1.29 is 37.3 Å². The Morgan fingerprint density at radius 1 is 1.03 bits per heavy atom. The van der Waals surface area contributed by atoms with E-state index in [1.807, 2.05) is 0 Å². The second kappa shape index (κ2) is 10.3. The molecule has 0 aliphatic carbocycles. The standard InChI is InChI=1S/C22H20ClF3N4O5/c1-33-16-12-17(34-2)29-20(28-16)35-18(19(31)30(27)15-11-7-6-10-14(15)23)21(32,22(24,25)26)13-8-4-3-5-9-13/h3-12,18,32H,27H2,1-2H3. The Balaban J connectivity index is 2.20. The van der Waals surface area contributed by atoms with E-state index in [4.69, 9.17) is 31.7 Å². The molecule has 3 rings (SSSR count). The molecule has 186 valence electrons. The van der Waals surface area contributed by atoms with Crippen molar-refractivity contribution in [3.8, 4) is 17.8 Å². The maximum Gasteiger partial charge on any atom is 0.425 e. The number of alkyl halides is 3. The molecule has 1 amide bonds. The average Bonchev–Trinajstić information content (AvgIpc) is 2.85. The van der Waals surface area contributed by atoms with E-state index in [1.165, 1.54) is 62.8 Å². The average molecular weight is 513 g/mol. The van der Waals surface area contributed by atoms with Crippen LogP contribution in [0.4, 0.5) is 18.9 Å². The topological polar surface area (TPSA) is 120 Å². The molecule has 0 bridgehead atoms. The number of benzene rings is 2. The number of aliphatic hydroxyl groups is 1. The monoisotopic (exact) mass is 512 g/mol. The lowest BCUT2D eigenvalue weighted by molar-refractivity contribution is -0.289. The van der Waals surface area contributed by atoms with Gasteiger partial charge in [-0.3, -0.25) is 4.79 Å². The van der Waals surface area contributed by atoms with Crippen molar-refractivity contribution in [1.82, 2.24) is 9.97 Å². The van der Waals surface area contributed by atoms with Gasteiger partial charge in [0.15, 0.2) is 0 Å². The molecule has 2 unspecified atom stereocenters. The second-order valence-electron chi connectivity index (χ2n) is 7.02. The van der Waals surface area contributed by atoms with Gasteiger partial charge < -0.3 is 19.3 Å². The van der Waals surface area contributed by atoms with E-state index < -0.39 is 35.4 Å². The summed E-state index contributed by atoms with van der Waals surface area (Å²) in [6.07, 6.45) is -8.14. The van der Waals surface area contributed by atoms with Crippen LogP contribution in [-0.4, -0.2) is 47.5 Å². The summed E-state index contributed by atoms with van der Waals surface area (Å²) in [6.45, 7) is 0. The molecular formula is C22H20ClF3N4O5. The molecule has 13 heteroatoms. The van der Waals surface area contributed by atoms with Crippen molar-refractivity contribution in [2.24, 2.45) is 5.84 Å². The molecule has 3 N–H and O–H groups in total. The van der Waals surface area contributed by atoms with Crippen molar-refractivity contribution in [3.63, 3.8) is 0 Å². The number of nitrogens with zero attached hydrogens (tertiary/aromatic N) is 3. The van der Waals surface area contributed by atoms with Crippen LogP contribution in [0, 0.1) is 0 Å². The predicted molar refractivity (Wildman–Crippen MR) is 119 cm³/mol. The summed E-state index contributed by atoms with van der Waals surface area (Å²) in [5.74, 6) is 4.11. The van der Waals surface area contributed by atoms with Gasteiger partial charge in [0.2, 0.25) is 23.5 Å². The number of rotatable bonds is 8. The van der Waals surface area contributed by atoms with Crippen LogP contribution in [0.15, 0.2) is 60.7 Å². The second-order valence-corrected chi connectivity index (χ2v) is 7.43. The van der Waals surface area contributed by atoms with Crippen LogP contribution in [0.25, 0.3) is 0 Å². The van der Waals surface area contributed by atoms with Gasteiger partial charge in [-0.05, 0) is 17.7 Å². The lowest BCUT2D eigenvalue weighted by Gasteiger charge is -2.37. The van der Waals surface area contributed by atoms with Crippen LogP contribution in [0.2, 0.25) is 5.02 Å². The number of halogens is 4. The molecule has 0 radical (unpaired) electrons. The number of anilines is 1. The molecule has 0 aliphatic rings. The molecule has 0 saturated heterocycles. The van der Waals surface area contributed by atoms with Crippen molar-refractivity contribution in [1.29, 1.82) is 0 Å². The Bertz CT molecular complexity index is 1160. The smallest absolute Gasteiger partial charge is 0.425 e. The summed E-state index contributed by atoms with van der Waals surface area (Å²) in [6, 6.07) is 12.1. The first-order valence-electron chi connectivity index (χ1n) is 9.84. The van der Waals surface area contributed by atoms with Crippen molar-refractivity contribution in [2.75, 3.05) is 19.2 Å². The van der Waals surface area contributed by atoms with E-state index >= 15 is 0 Å². The zero-order valence-corrected chi connectivity index (χ0v) is 19.1. The first-order valence-corrected chi connectivity index (χ1v) is 10.2. The van der Waals surface area contributed by atoms with Gasteiger partial charge in [0, 0.05) is 0 Å². The van der Waals surface area contributed by atoms with Crippen LogP contribution in [-0.2, 0) is 10.4 Å². The van der Waals surface area contributed by atoms with Gasteiger partial charge in [-0.1, -0.05) is 54.1 Å². The highest BCUT2D eigenvalue weighted by atomic mass is 35.5. The normalized spacial score (nSPS) is 13.9. The van der Waals surface area contributed by atoms with E-state index in [0.29, 0.717) is 5.01 Å². The lowest BCUT2D eigenvalue weighted by atomic mass is 9.86. The van der Waals surface area contributed by atoms with Crippen LogP contribution in [0.1, 0.15) is 5.56 Å². The summed E-state index contributed by atoms with van der Waals surface area (Å²) >= 11 is 6.07. The minimum atomic E-state index is -5.42. The molecular weight excluding hydrogens is 493 g/mol. The van der Waals surface area contributed by atoms with Crippen molar-refractivity contribution >= 4 is 23.2 Å². The van der Waals surface area contributed by atoms with Crippen molar-refractivity contribution in [3.05, 3.63) is 71.2 Å². The van der Waals surface area contributed by atoms with Crippen LogP contribution in [0.5, 0.6) is 17.8 Å². The predicted octanol–water partition coefficient (Wildman–Crippen LogP) is 3.25. The molecule has 0 spiro atoms. The number of amides is 1. The van der Waals surface area contributed by atoms with Gasteiger partial charge in [-0.2, -0.15) is 23.1 Å². The minimum Gasteiger partial charge on any atom is -0.481 e. The molecule has 2 atom stereocenters. The number of carbonyl (C=O) groups is 1. The number of hydrazine groups is 1.